The number of rotatable bonds is 3. The van der Waals surface area contributed by atoms with Crippen LogP contribution < -0.4 is 10.6 Å². The topological polar surface area (TPSA) is 111 Å². The summed E-state index contributed by atoms with van der Waals surface area (Å²) in [7, 11) is -4.08. The van der Waals surface area contributed by atoms with Crippen LogP contribution in [0.1, 0.15) is 25.5 Å². The number of imide groups is 1. The summed E-state index contributed by atoms with van der Waals surface area (Å²) in [6, 6.07) is -0.0348. The van der Waals surface area contributed by atoms with Gasteiger partial charge in [0.2, 0.25) is 10.0 Å². The number of hydrogen-bond donors (Lipinski definition) is 3. The molecule has 0 saturated carbocycles. The highest BCUT2D eigenvalue weighted by Gasteiger charge is 2.49. The summed E-state index contributed by atoms with van der Waals surface area (Å²) in [6.45, 7) is 1.65. The third kappa shape index (κ3) is 3.07. The predicted octanol–water partition coefficient (Wildman–Crippen LogP) is 1.03. The van der Waals surface area contributed by atoms with Crippen LogP contribution in [0.25, 0.3) is 0 Å². The largest absolute Gasteiger partial charge is 0.431 e. The maximum atomic E-state index is 12.7. The first-order valence-corrected chi connectivity index (χ1v) is 9.28. The molecule has 1 atom stereocenters. The van der Waals surface area contributed by atoms with Crippen molar-refractivity contribution in [2.75, 3.05) is 13.1 Å². The molecule has 3 rings (SSSR count). The number of H-pyrrole nitrogens is 1. The van der Waals surface area contributed by atoms with Crippen LogP contribution in [0, 0.1) is 5.92 Å². The van der Waals surface area contributed by atoms with E-state index in [1.165, 1.54) is 0 Å². The van der Waals surface area contributed by atoms with Gasteiger partial charge in [0.1, 0.15) is 16.1 Å². The van der Waals surface area contributed by atoms with E-state index in [-0.39, 0.29) is 19.0 Å². The quantitative estimate of drug-likeness (QED) is 0.665. The van der Waals surface area contributed by atoms with E-state index in [2.05, 4.69) is 10.6 Å². The fourth-order valence-corrected chi connectivity index (χ4v) is 4.82. The van der Waals surface area contributed by atoms with Crippen LogP contribution in [0.2, 0.25) is 0 Å². The first kappa shape index (κ1) is 18.7. The fourth-order valence-electron chi connectivity index (χ4n) is 3.35. The van der Waals surface area contributed by atoms with Gasteiger partial charge in [0.25, 0.3) is 5.91 Å². The lowest BCUT2D eigenvalue weighted by atomic mass is 9.79. The number of carbonyl (C=O) groups is 2. The molecular weight excluding hydrogens is 377 g/mol. The monoisotopic (exact) mass is 394 g/mol. The van der Waals surface area contributed by atoms with Gasteiger partial charge in [0, 0.05) is 19.3 Å². The SMILES string of the molecule is CC1(C2CCN(S(=O)(=O)c3c[nH]c(C(F)(F)F)c3)CC2)NC(=O)NC1=O. The zero-order chi connectivity index (χ0) is 19.3. The Labute approximate surface area is 147 Å². The van der Waals surface area contributed by atoms with Crippen molar-refractivity contribution in [1.82, 2.24) is 19.9 Å². The number of carbonyl (C=O) groups excluding carboxylic acids is 2. The van der Waals surface area contributed by atoms with Crippen molar-refractivity contribution in [1.29, 1.82) is 0 Å². The van der Waals surface area contributed by atoms with E-state index in [0.717, 1.165) is 10.5 Å². The number of aromatic amines is 1. The summed E-state index contributed by atoms with van der Waals surface area (Å²) in [5.74, 6) is -0.748. The minimum absolute atomic E-state index is 0.0400. The summed E-state index contributed by atoms with van der Waals surface area (Å²) in [4.78, 5) is 24.8. The molecule has 0 radical (unpaired) electrons. The van der Waals surface area contributed by atoms with Crippen molar-refractivity contribution in [2.45, 2.75) is 36.4 Å². The van der Waals surface area contributed by atoms with Gasteiger partial charge in [-0.3, -0.25) is 10.1 Å². The molecule has 1 unspecified atom stereocenters. The van der Waals surface area contributed by atoms with Crippen LogP contribution in [0.15, 0.2) is 17.2 Å². The van der Waals surface area contributed by atoms with Gasteiger partial charge in [-0.05, 0) is 31.7 Å². The third-order valence-corrected chi connectivity index (χ3v) is 6.82. The highest BCUT2D eigenvalue weighted by atomic mass is 32.2. The van der Waals surface area contributed by atoms with E-state index in [0.29, 0.717) is 18.9 Å². The molecule has 8 nitrogen and oxygen atoms in total. The van der Waals surface area contributed by atoms with Crippen molar-refractivity contribution in [2.24, 2.45) is 5.92 Å². The number of aromatic nitrogens is 1. The van der Waals surface area contributed by atoms with Crippen LogP contribution in [0.3, 0.4) is 0 Å². The summed E-state index contributed by atoms with van der Waals surface area (Å²) in [5, 5.41) is 4.71. The summed E-state index contributed by atoms with van der Waals surface area (Å²) in [5.41, 5.74) is -2.26. The van der Waals surface area contributed by atoms with Crippen molar-refractivity contribution in [3.8, 4) is 0 Å². The zero-order valence-corrected chi connectivity index (χ0v) is 14.5. The minimum Gasteiger partial charge on any atom is -0.356 e. The zero-order valence-electron chi connectivity index (χ0n) is 13.7. The molecule has 2 aliphatic rings. The van der Waals surface area contributed by atoms with E-state index in [1.54, 1.807) is 6.92 Å². The Morgan fingerprint density at radius 3 is 2.31 bits per heavy atom. The molecule has 3 heterocycles. The van der Waals surface area contributed by atoms with Gasteiger partial charge >= 0.3 is 12.2 Å². The third-order valence-electron chi connectivity index (χ3n) is 4.94. The molecule has 0 spiro atoms. The van der Waals surface area contributed by atoms with Crippen molar-refractivity contribution in [3.63, 3.8) is 0 Å². The molecule has 1 aromatic rings. The fraction of sp³-hybridized carbons (Fsp3) is 0.571. The molecule has 0 aromatic carbocycles. The number of nitrogens with zero attached hydrogens (tertiary/aromatic N) is 1. The summed E-state index contributed by atoms with van der Waals surface area (Å²) in [6.07, 6.45) is -3.26. The van der Waals surface area contributed by atoms with Gasteiger partial charge in [-0.2, -0.15) is 17.5 Å². The molecule has 0 aliphatic carbocycles. The maximum Gasteiger partial charge on any atom is 0.431 e. The van der Waals surface area contributed by atoms with Crippen LogP contribution in [0.4, 0.5) is 18.0 Å². The number of halogens is 3. The lowest BCUT2D eigenvalue weighted by Gasteiger charge is -2.37. The van der Waals surface area contributed by atoms with Crippen molar-refractivity contribution >= 4 is 22.0 Å². The number of amides is 3. The molecule has 2 aliphatic heterocycles. The van der Waals surface area contributed by atoms with Crippen LogP contribution in [0.5, 0.6) is 0 Å². The highest BCUT2D eigenvalue weighted by Crippen LogP contribution is 2.34. The number of hydrogen-bond acceptors (Lipinski definition) is 4. The molecule has 0 bridgehead atoms. The molecule has 3 amide bonds. The summed E-state index contributed by atoms with van der Waals surface area (Å²) >= 11 is 0. The second-order valence-corrected chi connectivity index (χ2v) is 8.47. The van der Waals surface area contributed by atoms with Crippen LogP contribution >= 0.6 is 0 Å². The Kier molecular flexibility index (Phi) is 4.30. The number of alkyl halides is 3. The van der Waals surface area contributed by atoms with E-state index >= 15 is 0 Å². The first-order valence-electron chi connectivity index (χ1n) is 7.84. The highest BCUT2D eigenvalue weighted by molar-refractivity contribution is 7.89. The number of nitrogens with one attached hydrogen (secondary N) is 3. The molecule has 1 aromatic heterocycles. The lowest BCUT2D eigenvalue weighted by Crippen LogP contribution is -2.54. The minimum atomic E-state index is -4.66. The van der Waals surface area contributed by atoms with E-state index in [4.69, 9.17) is 0 Å². The Hall–Kier alpha value is -2.08. The van der Waals surface area contributed by atoms with E-state index < -0.39 is 44.3 Å². The number of piperidine rings is 1. The normalized spacial score (nSPS) is 26.0. The van der Waals surface area contributed by atoms with Gasteiger partial charge in [-0.25, -0.2) is 13.2 Å². The van der Waals surface area contributed by atoms with E-state index in [1.807, 2.05) is 4.98 Å². The standard InChI is InChI=1S/C14H17F3N4O4S/c1-13(11(22)19-12(23)20-13)8-2-4-21(5-3-8)26(24,25)9-6-10(18-7-9)14(15,16)17/h6-8,18H,2-5H2,1H3,(H2,19,20,22,23). The smallest absolute Gasteiger partial charge is 0.356 e. The molecule has 2 saturated heterocycles. The average molecular weight is 394 g/mol. The lowest BCUT2D eigenvalue weighted by molar-refractivity contribution is -0.140. The van der Waals surface area contributed by atoms with Crippen LogP contribution in [-0.4, -0.2) is 48.3 Å². The number of sulfonamides is 1. The van der Waals surface area contributed by atoms with Crippen molar-refractivity contribution in [3.05, 3.63) is 18.0 Å². The molecule has 3 N–H and O–H groups in total. The molecule has 26 heavy (non-hydrogen) atoms. The molecule has 12 heteroatoms. The Bertz CT molecular complexity index is 843. The molecule has 144 valence electrons. The second-order valence-electron chi connectivity index (χ2n) is 6.54. The van der Waals surface area contributed by atoms with Gasteiger partial charge in [0.15, 0.2) is 0 Å². The number of urea groups is 1. The van der Waals surface area contributed by atoms with Gasteiger partial charge in [0.05, 0.1) is 0 Å². The summed E-state index contributed by atoms with van der Waals surface area (Å²) < 4.78 is 64.1. The first-order chi connectivity index (χ1) is 11.9. The van der Waals surface area contributed by atoms with Gasteiger partial charge in [-0.1, -0.05) is 0 Å². The predicted molar refractivity (Wildman–Crippen MR) is 82.4 cm³/mol. The Balaban J connectivity index is 1.72. The maximum absolute atomic E-state index is 12.7. The molecular formula is C14H17F3N4O4S. The van der Waals surface area contributed by atoms with Crippen molar-refractivity contribution < 1.29 is 31.2 Å². The Morgan fingerprint density at radius 1 is 1.23 bits per heavy atom. The average Bonchev–Trinajstić information content (AvgIpc) is 3.14. The van der Waals surface area contributed by atoms with Gasteiger partial charge < -0.3 is 10.3 Å². The van der Waals surface area contributed by atoms with Crippen LogP contribution in [-0.2, 0) is 21.0 Å². The second kappa shape index (κ2) is 5.98. The molecule has 2 fully saturated rings. The van der Waals surface area contributed by atoms with Gasteiger partial charge in [-0.15, -0.1) is 0 Å². The Morgan fingerprint density at radius 2 is 1.85 bits per heavy atom. The van der Waals surface area contributed by atoms with E-state index in [9.17, 15) is 31.2 Å².